The number of epoxide rings is 2. The van der Waals surface area contributed by atoms with Crippen molar-refractivity contribution in [2.75, 3.05) is 59.5 Å². The number of hydrogen-bond donors (Lipinski definition) is 0. The SMILES string of the molecule is C(COCCOC1CO1)OCCOCC1CO1. The van der Waals surface area contributed by atoms with Gasteiger partial charge < -0.3 is 28.4 Å². The van der Waals surface area contributed by atoms with Crippen molar-refractivity contribution in [3.05, 3.63) is 0 Å². The van der Waals surface area contributed by atoms with E-state index in [-0.39, 0.29) is 6.29 Å². The quantitative estimate of drug-likeness (QED) is 0.352. The summed E-state index contributed by atoms with van der Waals surface area (Å²) in [5.41, 5.74) is 0. The highest BCUT2D eigenvalue weighted by molar-refractivity contribution is 4.66. The average Bonchev–Trinajstić information content (AvgIpc) is 3.19. The maximum atomic E-state index is 5.32. The van der Waals surface area contributed by atoms with Gasteiger partial charge in [-0.3, -0.25) is 0 Å². The molecule has 2 rings (SSSR count). The number of ether oxygens (including phenoxy) is 6. The largest absolute Gasteiger partial charge is 0.377 e. The van der Waals surface area contributed by atoms with E-state index in [1.807, 2.05) is 0 Å². The van der Waals surface area contributed by atoms with Gasteiger partial charge in [0.05, 0.1) is 52.9 Å². The summed E-state index contributed by atoms with van der Waals surface area (Å²) in [5, 5.41) is 0. The Morgan fingerprint density at radius 1 is 0.765 bits per heavy atom. The van der Waals surface area contributed by atoms with Gasteiger partial charge in [0.2, 0.25) is 0 Å². The van der Waals surface area contributed by atoms with Crippen molar-refractivity contribution in [1.29, 1.82) is 0 Å². The van der Waals surface area contributed by atoms with Crippen molar-refractivity contribution in [2.24, 2.45) is 0 Å². The molecule has 0 aromatic heterocycles. The minimum Gasteiger partial charge on any atom is -0.377 e. The maximum Gasteiger partial charge on any atom is 0.181 e. The predicted molar refractivity (Wildman–Crippen MR) is 57.9 cm³/mol. The molecule has 2 unspecified atom stereocenters. The summed E-state index contributed by atoms with van der Waals surface area (Å²) in [6.45, 7) is 5.78. The van der Waals surface area contributed by atoms with E-state index in [2.05, 4.69) is 0 Å². The number of rotatable bonds is 12. The normalized spacial score (nSPS) is 26.1. The molecule has 0 bridgehead atoms. The van der Waals surface area contributed by atoms with E-state index in [4.69, 9.17) is 28.4 Å². The highest BCUT2D eigenvalue weighted by Crippen LogP contribution is 2.09. The van der Waals surface area contributed by atoms with Crippen LogP contribution in [-0.2, 0) is 28.4 Å². The van der Waals surface area contributed by atoms with E-state index in [0.29, 0.717) is 52.4 Å². The van der Waals surface area contributed by atoms with Crippen LogP contribution in [0.25, 0.3) is 0 Å². The topological polar surface area (TPSA) is 62.0 Å². The summed E-state index contributed by atoms with van der Waals surface area (Å²) in [4.78, 5) is 0. The summed E-state index contributed by atoms with van der Waals surface area (Å²) in [6.07, 6.45) is 0.344. The smallest absolute Gasteiger partial charge is 0.181 e. The second-order valence-electron chi connectivity index (χ2n) is 3.89. The average molecular weight is 248 g/mol. The molecule has 2 saturated heterocycles. The monoisotopic (exact) mass is 248 g/mol. The molecule has 0 radical (unpaired) electrons. The van der Waals surface area contributed by atoms with Crippen LogP contribution >= 0.6 is 0 Å². The fraction of sp³-hybridized carbons (Fsp3) is 1.00. The predicted octanol–water partition coefficient (Wildman–Crippen LogP) is -0.192. The Labute approximate surface area is 101 Å². The molecule has 0 amide bonds. The van der Waals surface area contributed by atoms with E-state index >= 15 is 0 Å². The standard InChI is InChI=1S/C11H20O6/c1(2-13-5-6-15-11-9-17-11)12-3-4-14-7-10-8-16-10/h10-11H,1-9H2. The van der Waals surface area contributed by atoms with E-state index in [0.717, 1.165) is 13.2 Å². The first kappa shape index (κ1) is 13.2. The number of hydrogen-bond acceptors (Lipinski definition) is 6. The summed E-state index contributed by atoms with van der Waals surface area (Å²) in [5.74, 6) is 0. The van der Waals surface area contributed by atoms with Crippen LogP contribution in [0.4, 0.5) is 0 Å². The van der Waals surface area contributed by atoms with Crippen LogP contribution in [0, 0.1) is 0 Å². The summed E-state index contributed by atoms with van der Waals surface area (Å²) < 4.78 is 31.0. The molecule has 0 aromatic rings. The van der Waals surface area contributed by atoms with Gasteiger partial charge >= 0.3 is 0 Å². The van der Waals surface area contributed by atoms with E-state index in [9.17, 15) is 0 Å². The Balaban J connectivity index is 1.20. The Morgan fingerprint density at radius 2 is 1.35 bits per heavy atom. The van der Waals surface area contributed by atoms with Gasteiger partial charge in [0, 0.05) is 0 Å². The molecule has 6 heteroatoms. The third-order valence-corrected chi connectivity index (χ3v) is 2.28. The van der Waals surface area contributed by atoms with Gasteiger partial charge in [-0.05, 0) is 0 Å². The van der Waals surface area contributed by atoms with Crippen LogP contribution < -0.4 is 0 Å². The first-order valence-electron chi connectivity index (χ1n) is 6.03. The molecule has 0 N–H and O–H groups in total. The summed E-state index contributed by atoms with van der Waals surface area (Å²) >= 11 is 0. The Bertz CT molecular complexity index is 172. The minimum absolute atomic E-state index is 0.0162. The molecule has 2 heterocycles. The first-order valence-corrected chi connectivity index (χ1v) is 6.03. The van der Waals surface area contributed by atoms with Crippen molar-refractivity contribution in [3.8, 4) is 0 Å². The van der Waals surface area contributed by atoms with Crippen molar-refractivity contribution < 1.29 is 28.4 Å². The molecule has 0 saturated carbocycles. The zero-order chi connectivity index (χ0) is 11.8. The van der Waals surface area contributed by atoms with Crippen LogP contribution in [0.3, 0.4) is 0 Å². The molecule has 2 fully saturated rings. The lowest BCUT2D eigenvalue weighted by atomic mass is 10.5. The zero-order valence-corrected chi connectivity index (χ0v) is 9.97. The van der Waals surface area contributed by atoms with Crippen LogP contribution in [0.15, 0.2) is 0 Å². The maximum absolute atomic E-state index is 5.32. The molecule has 6 nitrogen and oxygen atoms in total. The van der Waals surface area contributed by atoms with Crippen LogP contribution in [0.1, 0.15) is 0 Å². The molecule has 2 aliphatic heterocycles. The first-order chi connectivity index (χ1) is 8.45. The van der Waals surface area contributed by atoms with Crippen LogP contribution in [0.5, 0.6) is 0 Å². The molecule has 0 aliphatic carbocycles. The van der Waals surface area contributed by atoms with E-state index in [1.165, 1.54) is 0 Å². The Kier molecular flexibility index (Phi) is 6.18. The lowest BCUT2D eigenvalue weighted by Gasteiger charge is -2.06. The lowest BCUT2D eigenvalue weighted by Crippen LogP contribution is -2.13. The van der Waals surface area contributed by atoms with Gasteiger partial charge in [-0.15, -0.1) is 0 Å². The summed E-state index contributed by atoms with van der Waals surface area (Å²) in [7, 11) is 0. The Morgan fingerprint density at radius 3 is 1.94 bits per heavy atom. The van der Waals surface area contributed by atoms with Crippen LogP contribution in [-0.4, -0.2) is 71.9 Å². The zero-order valence-electron chi connectivity index (χ0n) is 9.97. The van der Waals surface area contributed by atoms with Crippen molar-refractivity contribution in [3.63, 3.8) is 0 Å². The second-order valence-corrected chi connectivity index (χ2v) is 3.89. The van der Waals surface area contributed by atoms with Gasteiger partial charge in [-0.2, -0.15) is 0 Å². The van der Waals surface area contributed by atoms with Crippen LogP contribution in [0.2, 0.25) is 0 Å². The van der Waals surface area contributed by atoms with E-state index in [1.54, 1.807) is 0 Å². The van der Waals surface area contributed by atoms with Crippen molar-refractivity contribution in [2.45, 2.75) is 12.4 Å². The fourth-order valence-electron chi connectivity index (χ4n) is 1.19. The van der Waals surface area contributed by atoms with Gasteiger partial charge in [-0.1, -0.05) is 0 Å². The molecule has 2 aliphatic rings. The lowest BCUT2D eigenvalue weighted by molar-refractivity contribution is -0.0187. The van der Waals surface area contributed by atoms with Crippen molar-refractivity contribution in [1.82, 2.24) is 0 Å². The Hall–Kier alpha value is -0.240. The molecule has 0 spiro atoms. The van der Waals surface area contributed by atoms with Gasteiger partial charge in [0.1, 0.15) is 12.7 Å². The van der Waals surface area contributed by atoms with E-state index < -0.39 is 0 Å². The van der Waals surface area contributed by atoms with Gasteiger partial charge in [0.15, 0.2) is 6.29 Å². The molecular formula is C11H20O6. The summed E-state index contributed by atoms with van der Waals surface area (Å²) in [6, 6.07) is 0. The fourth-order valence-corrected chi connectivity index (χ4v) is 1.19. The van der Waals surface area contributed by atoms with Crippen molar-refractivity contribution >= 4 is 0 Å². The third-order valence-electron chi connectivity index (χ3n) is 2.28. The molecule has 100 valence electrons. The van der Waals surface area contributed by atoms with Gasteiger partial charge in [-0.25, -0.2) is 0 Å². The van der Waals surface area contributed by atoms with Gasteiger partial charge in [0.25, 0.3) is 0 Å². The molecule has 0 aromatic carbocycles. The highest BCUT2D eigenvalue weighted by atomic mass is 16.8. The highest BCUT2D eigenvalue weighted by Gasteiger charge is 2.22. The second kappa shape index (κ2) is 7.97. The minimum atomic E-state index is 0.0162. The molecule has 2 atom stereocenters. The third kappa shape index (κ3) is 7.64. The molecular weight excluding hydrogens is 228 g/mol. The molecule has 17 heavy (non-hydrogen) atoms.